The first-order chi connectivity index (χ1) is 4.22. The molecule has 0 aromatic heterocycles. The summed E-state index contributed by atoms with van der Waals surface area (Å²) in [6.45, 7) is 5.58. The number of piperidine rings is 1. The maximum atomic E-state index is 12.9. The molecule has 1 N–H and O–H groups in total. The van der Waals surface area contributed by atoms with Crippen LogP contribution in [0.1, 0.15) is 13.8 Å². The van der Waals surface area contributed by atoms with Crippen molar-refractivity contribution in [1.29, 1.82) is 0 Å². The first kappa shape index (κ1) is 7.00. The summed E-state index contributed by atoms with van der Waals surface area (Å²) in [5.74, 6) is 0.405. The Morgan fingerprint density at radius 1 is 1.22 bits per heavy atom. The highest BCUT2D eigenvalue weighted by atomic mass is 19.1. The van der Waals surface area contributed by atoms with Crippen molar-refractivity contribution in [1.82, 2.24) is 5.32 Å². The van der Waals surface area contributed by atoms with Crippen molar-refractivity contribution in [2.75, 3.05) is 13.1 Å². The Hall–Kier alpha value is -0.110. The van der Waals surface area contributed by atoms with Gasteiger partial charge in [-0.2, -0.15) is 0 Å². The van der Waals surface area contributed by atoms with E-state index in [1.807, 2.05) is 13.8 Å². The lowest BCUT2D eigenvalue weighted by atomic mass is 9.91. The average Bonchev–Trinajstić information content (AvgIpc) is 1.83. The quantitative estimate of drug-likeness (QED) is 0.521. The summed E-state index contributed by atoms with van der Waals surface area (Å²) in [4.78, 5) is 0. The van der Waals surface area contributed by atoms with E-state index in [0.717, 1.165) is 13.1 Å². The third-order valence-corrected chi connectivity index (χ3v) is 2.02. The second-order valence-electron chi connectivity index (χ2n) is 3.06. The van der Waals surface area contributed by atoms with E-state index >= 15 is 0 Å². The van der Waals surface area contributed by atoms with Gasteiger partial charge in [-0.15, -0.1) is 0 Å². The van der Waals surface area contributed by atoms with Gasteiger partial charge in [0, 0.05) is 24.9 Å². The summed E-state index contributed by atoms with van der Waals surface area (Å²) in [7, 11) is 0. The van der Waals surface area contributed by atoms with Crippen molar-refractivity contribution in [2.45, 2.75) is 20.0 Å². The van der Waals surface area contributed by atoms with Crippen LogP contribution in [0, 0.1) is 11.8 Å². The van der Waals surface area contributed by atoms with E-state index in [-0.39, 0.29) is 11.8 Å². The van der Waals surface area contributed by atoms with Crippen LogP contribution in [0.2, 0.25) is 0 Å². The van der Waals surface area contributed by atoms with Crippen LogP contribution in [-0.2, 0) is 0 Å². The van der Waals surface area contributed by atoms with Gasteiger partial charge in [0.05, 0.1) is 0 Å². The third-order valence-electron chi connectivity index (χ3n) is 2.02. The second-order valence-corrected chi connectivity index (χ2v) is 3.06. The number of rotatable bonds is 0. The van der Waals surface area contributed by atoms with Crippen LogP contribution in [0.15, 0.2) is 0 Å². The van der Waals surface area contributed by atoms with Crippen LogP contribution in [0.4, 0.5) is 4.39 Å². The summed E-state index contributed by atoms with van der Waals surface area (Å²) >= 11 is 0. The van der Waals surface area contributed by atoms with Gasteiger partial charge in [-0.3, -0.25) is 0 Å². The van der Waals surface area contributed by atoms with Crippen LogP contribution in [0.25, 0.3) is 0 Å². The van der Waals surface area contributed by atoms with Crippen LogP contribution in [0.3, 0.4) is 0 Å². The fourth-order valence-electron chi connectivity index (χ4n) is 1.32. The number of alkyl halides is 1. The van der Waals surface area contributed by atoms with Gasteiger partial charge >= 0.3 is 0 Å². The summed E-state index contributed by atoms with van der Waals surface area (Å²) in [6, 6.07) is 0. The van der Waals surface area contributed by atoms with Gasteiger partial charge in [0.15, 0.2) is 0 Å². The molecule has 0 bridgehead atoms. The van der Waals surface area contributed by atoms with Gasteiger partial charge in [0.1, 0.15) is 6.17 Å². The highest BCUT2D eigenvalue weighted by Crippen LogP contribution is 2.19. The number of halogens is 1. The third kappa shape index (κ3) is 1.42. The van der Waals surface area contributed by atoms with E-state index in [2.05, 4.69) is 5.32 Å². The molecular weight excluding hydrogens is 117 g/mol. The molecule has 3 atom stereocenters. The summed E-state index contributed by atoms with van der Waals surface area (Å²) in [6.07, 6.45) is -0.591. The lowest BCUT2D eigenvalue weighted by Crippen LogP contribution is -2.42. The average molecular weight is 131 g/mol. The van der Waals surface area contributed by atoms with E-state index < -0.39 is 6.17 Å². The lowest BCUT2D eigenvalue weighted by molar-refractivity contribution is 0.133. The van der Waals surface area contributed by atoms with Gasteiger partial charge in [-0.1, -0.05) is 13.8 Å². The molecule has 1 heterocycles. The molecule has 0 aliphatic carbocycles. The highest BCUT2D eigenvalue weighted by Gasteiger charge is 2.26. The topological polar surface area (TPSA) is 12.0 Å². The van der Waals surface area contributed by atoms with Crippen molar-refractivity contribution >= 4 is 0 Å². The fraction of sp³-hybridized carbons (Fsp3) is 1.00. The van der Waals surface area contributed by atoms with Gasteiger partial charge < -0.3 is 5.32 Å². The Labute approximate surface area is 55.6 Å². The van der Waals surface area contributed by atoms with Gasteiger partial charge in [0.25, 0.3) is 0 Å². The van der Waals surface area contributed by atoms with Crippen molar-refractivity contribution in [3.8, 4) is 0 Å². The normalized spacial score (nSPS) is 45.0. The summed E-state index contributed by atoms with van der Waals surface area (Å²) in [5.41, 5.74) is 0. The minimum atomic E-state index is -0.591. The highest BCUT2D eigenvalue weighted by molar-refractivity contribution is 4.79. The number of nitrogens with one attached hydrogen (secondary N) is 1. The molecule has 1 fully saturated rings. The summed E-state index contributed by atoms with van der Waals surface area (Å²) < 4.78 is 12.9. The lowest BCUT2D eigenvalue weighted by Gasteiger charge is -2.28. The Balaban J connectivity index is 2.41. The van der Waals surface area contributed by atoms with Crippen LogP contribution in [-0.4, -0.2) is 19.3 Å². The molecule has 2 heteroatoms. The Bertz CT molecular complexity index is 84.9. The Morgan fingerprint density at radius 2 is 1.67 bits per heavy atom. The molecule has 1 rings (SSSR count). The predicted octanol–water partition coefficient (Wildman–Crippen LogP) is 1.20. The zero-order valence-corrected chi connectivity index (χ0v) is 6.02. The van der Waals surface area contributed by atoms with Crippen LogP contribution in [0.5, 0.6) is 0 Å². The largest absolute Gasteiger partial charge is 0.316 e. The number of hydrogen-bond acceptors (Lipinski definition) is 1. The molecular formula is C7H14FN. The van der Waals surface area contributed by atoms with Gasteiger partial charge in [-0.05, 0) is 0 Å². The van der Waals surface area contributed by atoms with E-state index in [1.54, 1.807) is 0 Å². The smallest absolute Gasteiger partial charge is 0.108 e. The molecule has 1 aliphatic heterocycles. The SMILES string of the molecule is CC1CNC[C@@H](C)C1F. The first-order valence-electron chi connectivity index (χ1n) is 3.56. The predicted molar refractivity (Wildman–Crippen MR) is 36.1 cm³/mol. The molecule has 9 heavy (non-hydrogen) atoms. The van der Waals surface area contributed by atoms with Crippen LogP contribution >= 0.6 is 0 Å². The van der Waals surface area contributed by atoms with Gasteiger partial charge in [-0.25, -0.2) is 4.39 Å². The molecule has 1 nitrogen and oxygen atoms in total. The molecule has 0 amide bonds. The van der Waals surface area contributed by atoms with E-state index in [0.29, 0.717) is 0 Å². The minimum Gasteiger partial charge on any atom is -0.316 e. The zero-order chi connectivity index (χ0) is 6.85. The van der Waals surface area contributed by atoms with Crippen molar-refractivity contribution < 1.29 is 4.39 Å². The fourth-order valence-corrected chi connectivity index (χ4v) is 1.32. The second kappa shape index (κ2) is 2.65. The van der Waals surface area contributed by atoms with Crippen molar-refractivity contribution in [3.63, 3.8) is 0 Å². The van der Waals surface area contributed by atoms with Gasteiger partial charge in [0.2, 0.25) is 0 Å². The maximum Gasteiger partial charge on any atom is 0.108 e. The molecule has 0 aromatic carbocycles. The zero-order valence-electron chi connectivity index (χ0n) is 6.02. The van der Waals surface area contributed by atoms with Crippen molar-refractivity contribution in [2.24, 2.45) is 11.8 Å². The molecule has 0 radical (unpaired) electrons. The molecule has 0 saturated carbocycles. The minimum absolute atomic E-state index is 0.203. The van der Waals surface area contributed by atoms with E-state index in [9.17, 15) is 4.39 Å². The standard InChI is InChI=1S/C7H14FN/c1-5-3-9-4-6(2)7(5)8/h5-7,9H,3-4H2,1-2H3/t5-,6?,7?/m1/s1. The number of hydrogen-bond donors (Lipinski definition) is 1. The summed E-state index contributed by atoms with van der Waals surface area (Å²) in [5, 5.41) is 3.17. The Kier molecular flexibility index (Phi) is 2.06. The molecule has 0 aromatic rings. The van der Waals surface area contributed by atoms with E-state index in [4.69, 9.17) is 0 Å². The molecule has 2 unspecified atom stereocenters. The van der Waals surface area contributed by atoms with Crippen LogP contribution < -0.4 is 5.32 Å². The molecule has 0 spiro atoms. The maximum absolute atomic E-state index is 12.9. The van der Waals surface area contributed by atoms with Crippen molar-refractivity contribution in [3.05, 3.63) is 0 Å². The molecule has 54 valence electrons. The Morgan fingerprint density at radius 3 is 2.00 bits per heavy atom. The van der Waals surface area contributed by atoms with E-state index in [1.165, 1.54) is 0 Å². The monoisotopic (exact) mass is 131 g/mol. The molecule has 1 saturated heterocycles. The first-order valence-corrected chi connectivity index (χ1v) is 3.56. The molecule has 1 aliphatic rings.